The van der Waals surface area contributed by atoms with Crippen molar-refractivity contribution >= 4 is 21.9 Å². The SMILES string of the molecule is Cc1oc2c(COCO)c3oc(=O)c(C)c(C)c3c(C)c2c1C. The number of hydrogen-bond donors (Lipinski definition) is 1. The van der Waals surface area contributed by atoms with Crippen LogP contribution in [0.1, 0.15) is 33.6 Å². The summed E-state index contributed by atoms with van der Waals surface area (Å²) in [6.07, 6.45) is 0. The van der Waals surface area contributed by atoms with E-state index in [1.54, 1.807) is 6.92 Å². The van der Waals surface area contributed by atoms with E-state index in [1.165, 1.54) is 0 Å². The van der Waals surface area contributed by atoms with Gasteiger partial charge in [0.05, 0.1) is 12.2 Å². The normalized spacial score (nSPS) is 11.7. The lowest BCUT2D eigenvalue weighted by molar-refractivity contribution is -0.0108. The molecule has 5 heteroatoms. The Hall–Kier alpha value is -2.11. The fraction of sp³-hybridized carbons (Fsp3) is 0.389. The minimum absolute atomic E-state index is 0.113. The zero-order valence-corrected chi connectivity index (χ0v) is 14.0. The number of fused-ring (bicyclic) bond motifs is 2. The van der Waals surface area contributed by atoms with Gasteiger partial charge in [0, 0.05) is 16.3 Å². The molecule has 0 aliphatic heterocycles. The standard InChI is InChI=1S/C18H20O5/c1-8-9(2)18(20)23-17-13(6-21-7-19)16-15(11(4)14(8)17)10(3)12(5)22-16/h19H,6-7H2,1-5H3. The number of ether oxygens (including phenoxy) is 1. The van der Waals surface area contributed by atoms with E-state index in [2.05, 4.69) is 0 Å². The number of aryl methyl sites for hydroxylation is 4. The third kappa shape index (κ3) is 2.19. The Morgan fingerprint density at radius 2 is 1.48 bits per heavy atom. The van der Waals surface area contributed by atoms with E-state index in [1.807, 2.05) is 27.7 Å². The van der Waals surface area contributed by atoms with Crippen molar-refractivity contribution in [2.75, 3.05) is 6.79 Å². The minimum Gasteiger partial charge on any atom is -0.461 e. The van der Waals surface area contributed by atoms with Crippen LogP contribution in [0.5, 0.6) is 0 Å². The molecule has 0 unspecified atom stereocenters. The summed E-state index contributed by atoms with van der Waals surface area (Å²) >= 11 is 0. The first-order chi connectivity index (χ1) is 10.9. The van der Waals surface area contributed by atoms with E-state index in [0.717, 1.165) is 33.2 Å². The molecule has 0 radical (unpaired) electrons. The van der Waals surface area contributed by atoms with E-state index < -0.39 is 6.79 Å². The summed E-state index contributed by atoms with van der Waals surface area (Å²) in [5.41, 5.74) is 5.03. The third-order valence-corrected chi connectivity index (χ3v) is 4.69. The molecule has 23 heavy (non-hydrogen) atoms. The summed E-state index contributed by atoms with van der Waals surface area (Å²) in [4.78, 5) is 12.1. The van der Waals surface area contributed by atoms with Gasteiger partial charge in [-0.05, 0) is 51.3 Å². The number of rotatable bonds is 3. The van der Waals surface area contributed by atoms with Crippen molar-refractivity contribution in [3.8, 4) is 0 Å². The van der Waals surface area contributed by atoms with E-state index in [4.69, 9.17) is 18.7 Å². The molecule has 0 atom stereocenters. The largest absolute Gasteiger partial charge is 0.461 e. The fourth-order valence-corrected chi connectivity index (χ4v) is 3.19. The Kier molecular flexibility index (Phi) is 3.78. The molecule has 0 aliphatic rings. The number of benzene rings is 1. The summed E-state index contributed by atoms with van der Waals surface area (Å²) in [5.74, 6) is 0.820. The lowest BCUT2D eigenvalue weighted by atomic mass is 9.95. The van der Waals surface area contributed by atoms with E-state index >= 15 is 0 Å². The van der Waals surface area contributed by atoms with Crippen molar-refractivity contribution in [2.24, 2.45) is 0 Å². The van der Waals surface area contributed by atoms with Crippen molar-refractivity contribution in [1.29, 1.82) is 0 Å². The molecule has 0 saturated carbocycles. The van der Waals surface area contributed by atoms with E-state index in [0.29, 0.717) is 22.3 Å². The highest BCUT2D eigenvalue weighted by Crippen LogP contribution is 2.38. The van der Waals surface area contributed by atoms with Crippen LogP contribution in [0.3, 0.4) is 0 Å². The van der Waals surface area contributed by atoms with Gasteiger partial charge in [0.1, 0.15) is 23.7 Å². The highest BCUT2D eigenvalue weighted by Gasteiger charge is 2.22. The first kappa shape index (κ1) is 15.8. The molecule has 0 amide bonds. The predicted octanol–water partition coefficient (Wildman–Crippen LogP) is 3.55. The maximum Gasteiger partial charge on any atom is 0.339 e. The summed E-state index contributed by atoms with van der Waals surface area (Å²) < 4.78 is 16.6. The average Bonchev–Trinajstić information content (AvgIpc) is 2.80. The van der Waals surface area contributed by atoms with Crippen LogP contribution in [0.4, 0.5) is 0 Å². The fourth-order valence-electron chi connectivity index (χ4n) is 3.19. The molecule has 0 spiro atoms. The second-order valence-corrected chi connectivity index (χ2v) is 5.91. The topological polar surface area (TPSA) is 72.8 Å². The molecule has 0 aliphatic carbocycles. The molecule has 122 valence electrons. The molecule has 3 rings (SSSR count). The highest BCUT2D eigenvalue weighted by atomic mass is 16.6. The van der Waals surface area contributed by atoms with Crippen LogP contribution in [0.25, 0.3) is 21.9 Å². The van der Waals surface area contributed by atoms with Crippen molar-refractivity contribution < 1.29 is 18.7 Å². The Morgan fingerprint density at radius 1 is 0.870 bits per heavy atom. The minimum atomic E-state index is -0.412. The monoisotopic (exact) mass is 316 g/mol. The molecule has 3 aromatic rings. The van der Waals surface area contributed by atoms with Gasteiger partial charge >= 0.3 is 5.63 Å². The smallest absolute Gasteiger partial charge is 0.339 e. The Bertz CT molecular complexity index is 975. The number of hydrogen-bond acceptors (Lipinski definition) is 5. The van der Waals surface area contributed by atoms with E-state index in [9.17, 15) is 4.79 Å². The average molecular weight is 316 g/mol. The molecule has 0 fully saturated rings. The van der Waals surface area contributed by atoms with Crippen molar-refractivity contribution in [3.05, 3.63) is 44.0 Å². The number of aliphatic hydroxyl groups is 1. The summed E-state index contributed by atoms with van der Waals surface area (Å²) in [6.45, 7) is 9.32. The van der Waals surface area contributed by atoms with Gasteiger partial charge in [-0.25, -0.2) is 4.79 Å². The number of furan rings is 1. The molecule has 0 saturated heterocycles. The van der Waals surface area contributed by atoms with Crippen LogP contribution in [0.2, 0.25) is 0 Å². The molecule has 5 nitrogen and oxygen atoms in total. The zero-order valence-electron chi connectivity index (χ0n) is 14.0. The second-order valence-electron chi connectivity index (χ2n) is 5.91. The third-order valence-electron chi connectivity index (χ3n) is 4.69. The van der Waals surface area contributed by atoms with E-state index in [-0.39, 0.29) is 12.2 Å². The Balaban J connectivity index is 2.59. The van der Waals surface area contributed by atoms with Gasteiger partial charge in [0.15, 0.2) is 0 Å². The molecule has 1 N–H and O–H groups in total. The van der Waals surface area contributed by atoms with Crippen molar-refractivity contribution in [1.82, 2.24) is 0 Å². The number of aliphatic hydroxyl groups excluding tert-OH is 1. The summed E-state index contributed by atoms with van der Waals surface area (Å²) in [7, 11) is 0. The molecular weight excluding hydrogens is 296 g/mol. The summed E-state index contributed by atoms with van der Waals surface area (Å²) in [5, 5.41) is 10.9. The molecule has 1 aromatic carbocycles. The molecule has 2 aromatic heterocycles. The maximum atomic E-state index is 12.1. The van der Waals surface area contributed by atoms with Crippen LogP contribution in [-0.2, 0) is 11.3 Å². The predicted molar refractivity (Wildman–Crippen MR) is 87.8 cm³/mol. The van der Waals surface area contributed by atoms with Gasteiger partial charge in [-0.3, -0.25) is 0 Å². The van der Waals surface area contributed by atoms with Crippen LogP contribution in [-0.4, -0.2) is 11.9 Å². The zero-order chi connectivity index (χ0) is 16.9. The maximum absolute atomic E-state index is 12.1. The van der Waals surface area contributed by atoms with Gasteiger partial charge in [0.2, 0.25) is 0 Å². The lowest BCUT2D eigenvalue weighted by Gasteiger charge is -2.13. The van der Waals surface area contributed by atoms with Crippen molar-refractivity contribution in [3.63, 3.8) is 0 Å². The lowest BCUT2D eigenvalue weighted by Crippen LogP contribution is -2.08. The van der Waals surface area contributed by atoms with Crippen molar-refractivity contribution in [2.45, 2.75) is 41.2 Å². The van der Waals surface area contributed by atoms with Gasteiger partial charge in [-0.2, -0.15) is 0 Å². The second kappa shape index (κ2) is 5.51. The first-order valence-electron chi connectivity index (χ1n) is 7.52. The van der Waals surface area contributed by atoms with Crippen LogP contribution in [0.15, 0.2) is 13.6 Å². The molecular formula is C18H20O5. The van der Waals surface area contributed by atoms with Gasteiger partial charge in [-0.1, -0.05) is 0 Å². The molecule has 2 heterocycles. The Morgan fingerprint density at radius 3 is 2.13 bits per heavy atom. The van der Waals surface area contributed by atoms with Gasteiger partial charge in [-0.15, -0.1) is 0 Å². The summed E-state index contributed by atoms with van der Waals surface area (Å²) in [6, 6.07) is 0. The van der Waals surface area contributed by atoms with Crippen LogP contribution in [0, 0.1) is 34.6 Å². The van der Waals surface area contributed by atoms with Gasteiger partial charge in [0.25, 0.3) is 0 Å². The highest BCUT2D eigenvalue weighted by molar-refractivity contribution is 6.04. The van der Waals surface area contributed by atoms with Crippen LogP contribution < -0.4 is 5.63 Å². The quantitative estimate of drug-likeness (QED) is 0.591. The first-order valence-corrected chi connectivity index (χ1v) is 7.52. The Labute approximate surface area is 133 Å². The molecule has 0 bridgehead atoms. The van der Waals surface area contributed by atoms with Gasteiger partial charge < -0.3 is 18.7 Å². The van der Waals surface area contributed by atoms with Crippen LogP contribution >= 0.6 is 0 Å².